The predicted molar refractivity (Wildman–Crippen MR) is 141 cm³/mol. The average molecular weight is 513 g/mol. The molecule has 5 nitrogen and oxygen atoms in total. The summed E-state index contributed by atoms with van der Waals surface area (Å²) in [5.74, 6) is 0.116. The van der Waals surface area contributed by atoms with Crippen LogP contribution in [0, 0.1) is 0 Å². The van der Waals surface area contributed by atoms with Crippen LogP contribution < -0.4 is 10.1 Å². The fourth-order valence-corrected chi connectivity index (χ4v) is 5.07. The largest absolute Gasteiger partial charge is 0.483 e. The normalized spacial score (nSPS) is 14.9. The molecule has 1 N–H and O–H groups in total. The van der Waals surface area contributed by atoms with Crippen LogP contribution in [0.15, 0.2) is 60.7 Å². The predicted octanol–water partition coefficient (Wildman–Crippen LogP) is 6.39. The summed E-state index contributed by atoms with van der Waals surface area (Å²) < 4.78 is 5.95. The highest BCUT2D eigenvalue weighted by atomic mass is 35.5. The van der Waals surface area contributed by atoms with Gasteiger partial charge in [-0.1, -0.05) is 84.9 Å². The molecule has 0 aliphatic heterocycles. The highest BCUT2D eigenvalue weighted by Crippen LogP contribution is 2.28. The molecule has 35 heavy (non-hydrogen) atoms. The first-order valence-corrected chi connectivity index (χ1v) is 12.8. The van der Waals surface area contributed by atoms with Crippen molar-refractivity contribution in [2.75, 3.05) is 6.61 Å². The molecular formula is C28H30Cl2N2O3. The van der Waals surface area contributed by atoms with Gasteiger partial charge in [-0.25, -0.2) is 0 Å². The Kier molecular flexibility index (Phi) is 8.53. The molecular weight excluding hydrogens is 483 g/mol. The quantitative estimate of drug-likeness (QED) is 0.380. The smallest absolute Gasteiger partial charge is 0.261 e. The molecule has 1 saturated carbocycles. The van der Waals surface area contributed by atoms with E-state index in [-0.39, 0.29) is 31.0 Å². The summed E-state index contributed by atoms with van der Waals surface area (Å²) in [6.07, 6.45) is 5.34. The van der Waals surface area contributed by atoms with Crippen molar-refractivity contribution in [1.82, 2.24) is 10.2 Å². The maximum atomic E-state index is 13.5. The van der Waals surface area contributed by atoms with E-state index in [1.165, 1.54) is 11.3 Å². The molecule has 0 aromatic heterocycles. The summed E-state index contributed by atoms with van der Waals surface area (Å²) in [6, 6.07) is 18.2. The maximum absolute atomic E-state index is 13.5. The standard InChI is InChI=1S/C28H30Cl2N2O3/c1-19(28(34)31-21-11-3-2-4-12-21)32(17-23-24(29)14-8-15-25(23)30)27(33)18-35-26-16-7-10-20-9-5-6-13-22(20)26/h5-10,13-16,19,21H,2-4,11-12,17-18H2,1H3,(H,31,34). The zero-order chi connectivity index (χ0) is 24.8. The van der Waals surface area contributed by atoms with Crippen molar-refractivity contribution in [3.8, 4) is 5.75 Å². The van der Waals surface area contributed by atoms with Crippen molar-refractivity contribution in [2.24, 2.45) is 0 Å². The van der Waals surface area contributed by atoms with Crippen LogP contribution in [0.25, 0.3) is 10.8 Å². The van der Waals surface area contributed by atoms with Crippen LogP contribution in [0.4, 0.5) is 0 Å². The average Bonchev–Trinajstić information content (AvgIpc) is 2.87. The van der Waals surface area contributed by atoms with E-state index in [1.807, 2.05) is 42.5 Å². The first-order chi connectivity index (χ1) is 16.9. The number of amides is 2. The minimum Gasteiger partial charge on any atom is -0.483 e. The Morgan fingerprint density at radius 3 is 2.37 bits per heavy atom. The second-order valence-electron chi connectivity index (χ2n) is 9.01. The van der Waals surface area contributed by atoms with Crippen molar-refractivity contribution in [1.29, 1.82) is 0 Å². The van der Waals surface area contributed by atoms with Crippen molar-refractivity contribution in [2.45, 2.75) is 57.7 Å². The van der Waals surface area contributed by atoms with Crippen LogP contribution >= 0.6 is 23.2 Å². The third kappa shape index (κ3) is 6.28. The van der Waals surface area contributed by atoms with Crippen molar-refractivity contribution < 1.29 is 14.3 Å². The minimum atomic E-state index is -0.715. The van der Waals surface area contributed by atoms with Crippen molar-refractivity contribution in [3.05, 3.63) is 76.3 Å². The van der Waals surface area contributed by atoms with E-state index in [2.05, 4.69) is 5.32 Å². The molecule has 2 amide bonds. The Balaban J connectivity index is 1.53. The molecule has 184 valence electrons. The van der Waals surface area contributed by atoms with E-state index in [1.54, 1.807) is 25.1 Å². The summed E-state index contributed by atoms with van der Waals surface area (Å²) in [4.78, 5) is 28.1. The molecule has 1 atom stereocenters. The highest BCUT2D eigenvalue weighted by molar-refractivity contribution is 6.36. The van der Waals surface area contributed by atoms with Crippen LogP contribution in [0.2, 0.25) is 10.0 Å². The van der Waals surface area contributed by atoms with E-state index < -0.39 is 6.04 Å². The lowest BCUT2D eigenvalue weighted by Crippen LogP contribution is -2.51. The number of benzene rings is 3. The molecule has 3 aromatic rings. The summed E-state index contributed by atoms with van der Waals surface area (Å²) >= 11 is 12.8. The molecule has 0 spiro atoms. The second kappa shape index (κ2) is 11.8. The van der Waals surface area contributed by atoms with Crippen molar-refractivity contribution >= 4 is 45.8 Å². The number of nitrogens with one attached hydrogen (secondary N) is 1. The van der Waals surface area contributed by atoms with Gasteiger partial charge in [0, 0.05) is 33.6 Å². The third-order valence-electron chi connectivity index (χ3n) is 6.61. The summed E-state index contributed by atoms with van der Waals surface area (Å²) in [6.45, 7) is 1.63. The fourth-order valence-electron chi connectivity index (χ4n) is 4.55. The molecule has 4 rings (SSSR count). The van der Waals surface area contributed by atoms with Gasteiger partial charge in [0.1, 0.15) is 11.8 Å². The van der Waals surface area contributed by atoms with Gasteiger partial charge in [-0.3, -0.25) is 9.59 Å². The molecule has 0 radical (unpaired) electrons. The summed E-state index contributed by atoms with van der Waals surface area (Å²) in [7, 11) is 0. The van der Waals surface area contributed by atoms with Crippen LogP contribution in [-0.2, 0) is 16.1 Å². The van der Waals surface area contributed by atoms with Gasteiger partial charge in [-0.05, 0) is 43.4 Å². The van der Waals surface area contributed by atoms with E-state index in [0.717, 1.165) is 36.5 Å². The fraction of sp³-hybridized carbons (Fsp3) is 0.357. The zero-order valence-corrected chi connectivity index (χ0v) is 21.3. The van der Waals surface area contributed by atoms with Gasteiger partial charge >= 0.3 is 0 Å². The lowest BCUT2D eigenvalue weighted by molar-refractivity contribution is -0.142. The Labute approximate surface area is 216 Å². The van der Waals surface area contributed by atoms with Crippen molar-refractivity contribution in [3.63, 3.8) is 0 Å². The second-order valence-corrected chi connectivity index (χ2v) is 9.82. The number of carbonyl (C=O) groups is 2. The van der Waals surface area contributed by atoms with Crippen LogP contribution in [0.5, 0.6) is 5.75 Å². The number of carbonyl (C=O) groups excluding carboxylic acids is 2. The third-order valence-corrected chi connectivity index (χ3v) is 7.32. The number of hydrogen-bond donors (Lipinski definition) is 1. The number of nitrogens with zero attached hydrogens (tertiary/aromatic N) is 1. The van der Waals surface area contributed by atoms with E-state index in [0.29, 0.717) is 21.4 Å². The molecule has 1 aliphatic carbocycles. The van der Waals surface area contributed by atoms with E-state index >= 15 is 0 Å². The first-order valence-electron chi connectivity index (χ1n) is 12.1. The van der Waals surface area contributed by atoms with Gasteiger partial charge in [0.25, 0.3) is 5.91 Å². The Morgan fingerprint density at radius 2 is 1.63 bits per heavy atom. The van der Waals surface area contributed by atoms with Gasteiger partial charge in [-0.2, -0.15) is 0 Å². The van der Waals surface area contributed by atoms with Gasteiger partial charge in [0.2, 0.25) is 5.91 Å². The molecule has 7 heteroatoms. The molecule has 0 bridgehead atoms. The van der Waals surface area contributed by atoms with Crippen LogP contribution in [-0.4, -0.2) is 35.4 Å². The van der Waals surface area contributed by atoms with Gasteiger partial charge < -0.3 is 15.0 Å². The minimum absolute atomic E-state index is 0.107. The zero-order valence-electron chi connectivity index (χ0n) is 19.8. The SMILES string of the molecule is CC(C(=O)NC1CCCCC1)N(Cc1c(Cl)cccc1Cl)C(=O)COc1cccc2ccccc12. The monoisotopic (exact) mass is 512 g/mol. The van der Waals surface area contributed by atoms with Gasteiger partial charge in [0.15, 0.2) is 6.61 Å². The molecule has 1 unspecified atom stereocenters. The number of halogens is 2. The number of hydrogen-bond acceptors (Lipinski definition) is 3. The van der Waals surface area contributed by atoms with E-state index in [4.69, 9.17) is 27.9 Å². The van der Waals surface area contributed by atoms with Crippen LogP contribution in [0.3, 0.4) is 0 Å². The number of ether oxygens (including phenoxy) is 1. The Morgan fingerprint density at radius 1 is 0.971 bits per heavy atom. The lowest BCUT2D eigenvalue weighted by atomic mass is 9.95. The van der Waals surface area contributed by atoms with Gasteiger partial charge in [0.05, 0.1) is 0 Å². The molecule has 0 heterocycles. The van der Waals surface area contributed by atoms with Gasteiger partial charge in [-0.15, -0.1) is 0 Å². The molecule has 0 saturated heterocycles. The first kappa shape index (κ1) is 25.3. The van der Waals surface area contributed by atoms with E-state index in [9.17, 15) is 9.59 Å². The summed E-state index contributed by atoms with van der Waals surface area (Å²) in [5.41, 5.74) is 0.603. The maximum Gasteiger partial charge on any atom is 0.261 e. The molecule has 1 aliphatic rings. The number of rotatable bonds is 8. The Bertz CT molecular complexity index is 1170. The van der Waals surface area contributed by atoms with Crippen LogP contribution in [0.1, 0.15) is 44.6 Å². The molecule has 1 fully saturated rings. The highest BCUT2D eigenvalue weighted by Gasteiger charge is 2.29. The molecule has 3 aromatic carbocycles. The Hall–Kier alpha value is -2.76. The summed E-state index contributed by atoms with van der Waals surface area (Å²) in [5, 5.41) is 5.97. The topological polar surface area (TPSA) is 58.6 Å². The number of fused-ring (bicyclic) bond motifs is 1. The lowest BCUT2D eigenvalue weighted by Gasteiger charge is -2.31.